The number of hydrogen-bond donors (Lipinski definition) is 1. The molecule has 0 spiro atoms. The molecule has 1 aromatic rings. The van der Waals surface area contributed by atoms with Crippen LogP contribution in [0.5, 0.6) is 0 Å². The second-order valence-electron chi connectivity index (χ2n) is 3.84. The Kier molecular flexibility index (Phi) is 3.17. The van der Waals surface area contributed by atoms with Crippen LogP contribution >= 0.6 is 0 Å². The smallest absolute Gasteiger partial charge is 0.0671 e. The first-order chi connectivity index (χ1) is 6.86. The van der Waals surface area contributed by atoms with Gasteiger partial charge in [-0.3, -0.25) is 0 Å². The predicted octanol–water partition coefficient (Wildman–Crippen LogP) is 2.13. The Bertz CT molecular complexity index is 273. The maximum absolute atomic E-state index is 5.59. The number of nitrogens with one attached hydrogen (secondary N) is 1. The maximum atomic E-state index is 5.59. The fourth-order valence-corrected chi connectivity index (χ4v) is 1.83. The molecule has 0 saturated carbocycles. The molecule has 0 amide bonds. The monoisotopic (exact) mass is 191 g/mol. The Morgan fingerprint density at radius 3 is 2.86 bits per heavy atom. The highest BCUT2D eigenvalue weighted by Crippen LogP contribution is 2.18. The van der Waals surface area contributed by atoms with E-state index in [0.29, 0.717) is 12.1 Å². The van der Waals surface area contributed by atoms with Crippen molar-refractivity contribution in [3.8, 4) is 0 Å². The second-order valence-corrected chi connectivity index (χ2v) is 3.84. The van der Waals surface area contributed by atoms with E-state index in [0.717, 1.165) is 19.6 Å². The second kappa shape index (κ2) is 4.58. The van der Waals surface area contributed by atoms with Gasteiger partial charge in [0, 0.05) is 19.2 Å². The molecule has 1 fully saturated rings. The number of hydrogen-bond acceptors (Lipinski definition) is 2. The molecule has 0 aromatic heterocycles. The first-order valence-electron chi connectivity index (χ1n) is 5.26. The van der Waals surface area contributed by atoms with Crippen molar-refractivity contribution < 1.29 is 4.74 Å². The predicted molar refractivity (Wildman–Crippen MR) is 57.2 cm³/mol. The van der Waals surface area contributed by atoms with E-state index in [9.17, 15) is 0 Å². The molecular weight excluding hydrogens is 174 g/mol. The van der Waals surface area contributed by atoms with Gasteiger partial charge in [-0.25, -0.2) is 0 Å². The van der Waals surface area contributed by atoms with Gasteiger partial charge in [-0.15, -0.1) is 0 Å². The summed E-state index contributed by atoms with van der Waals surface area (Å²) in [5.74, 6) is 0. The summed E-state index contributed by atoms with van der Waals surface area (Å²) >= 11 is 0. The van der Waals surface area contributed by atoms with E-state index in [1.54, 1.807) is 0 Å². The van der Waals surface area contributed by atoms with Gasteiger partial charge in [0.1, 0.15) is 0 Å². The van der Waals surface area contributed by atoms with Crippen LogP contribution in [0.4, 0.5) is 0 Å². The Hall–Kier alpha value is -0.860. The van der Waals surface area contributed by atoms with Gasteiger partial charge >= 0.3 is 0 Å². The van der Waals surface area contributed by atoms with Crippen LogP contribution < -0.4 is 5.32 Å². The zero-order chi connectivity index (χ0) is 9.80. The summed E-state index contributed by atoms with van der Waals surface area (Å²) < 4.78 is 5.59. The third kappa shape index (κ3) is 2.34. The molecule has 14 heavy (non-hydrogen) atoms. The summed E-state index contributed by atoms with van der Waals surface area (Å²) in [6.45, 7) is 3.91. The van der Waals surface area contributed by atoms with E-state index in [2.05, 4.69) is 42.6 Å². The van der Waals surface area contributed by atoms with Crippen LogP contribution in [0, 0.1) is 0 Å². The van der Waals surface area contributed by atoms with E-state index in [-0.39, 0.29) is 0 Å². The van der Waals surface area contributed by atoms with Crippen molar-refractivity contribution in [2.24, 2.45) is 0 Å². The van der Waals surface area contributed by atoms with Gasteiger partial charge in [-0.1, -0.05) is 30.3 Å². The first-order valence-corrected chi connectivity index (χ1v) is 5.26. The average Bonchev–Trinajstić information content (AvgIpc) is 2.44. The lowest BCUT2D eigenvalue weighted by Crippen LogP contribution is -2.26. The van der Waals surface area contributed by atoms with Crippen LogP contribution in [-0.4, -0.2) is 19.3 Å². The van der Waals surface area contributed by atoms with Gasteiger partial charge in [0.2, 0.25) is 0 Å². The SMILES string of the molecule is CC1CNC(c2ccccc2)CCO1. The van der Waals surface area contributed by atoms with Gasteiger partial charge < -0.3 is 10.1 Å². The molecular formula is C12H17NO. The van der Waals surface area contributed by atoms with Crippen LogP contribution in [0.15, 0.2) is 30.3 Å². The van der Waals surface area contributed by atoms with E-state index in [4.69, 9.17) is 4.74 Å². The summed E-state index contributed by atoms with van der Waals surface area (Å²) in [5.41, 5.74) is 1.37. The van der Waals surface area contributed by atoms with Crippen molar-refractivity contribution in [1.29, 1.82) is 0 Å². The van der Waals surface area contributed by atoms with Crippen LogP contribution in [-0.2, 0) is 4.74 Å². The fraction of sp³-hybridized carbons (Fsp3) is 0.500. The Labute approximate surface area is 85.3 Å². The average molecular weight is 191 g/mol. The highest BCUT2D eigenvalue weighted by molar-refractivity contribution is 5.18. The van der Waals surface area contributed by atoms with Crippen molar-refractivity contribution in [3.05, 3.63) is 35.9 Å². The van der Waals surface area contributed by atoms with Gasteiger partial charge in [0.05, 0.1) is 6.10 Å². The first kappa shape index (κ1) is 9.69. The van der Waals surface area contributed by atoms with Crippen molar-refractivity contribution in [2.75, 3.05) is 13.2 Å². The van der Waals surface area contributed by atoms with Gasteiger partial charge in [-0.05, 0) is 18.9 Å². The lowest BCUT2D eigenvalue weighted by atomic mass is 10.0. The molecule has 0 aliphatic carbocycles. The molecule has 2 atom stereocenters. The molecule has 1 N–H and O–H groups in total. The van der Waals surface area contributed by atoms with E-state index < -0.39 is 0 Å². The molecule has 1 aliphatic heterocycles. The van der Waals surface area contributed by atoms with Crippen molar-refractivity contribution in [2.45, 2.75) is 25.5 Å². The topological polar surface area (TPSA) is 21.3 Å². The van der Waals surface area contributed by atoms with E-state index >= 15 is 0 Å². The van der Waals surface area contributed by atoms with Crippen LogP contribution in [0.1, 0.15) is 24.9 Å². The lowest BCUT2D eigenvalue weighted by molar-refractivity contribution is 0.0798. The molecule has 1 aromatic carbocycles. The Balaban J connectivity index is 2.04. The number of ether oxygens (including phenoxy) is 1. The van der Waals surface area contributed by atoms with Crippen molar-refractivity contribution in [3.63, 3.8) is 0 Å². The Morgan fingerprint density at radius 1 is 1.29 bits per heavy atom. The molecule has 1 saturated heterocycles. The molecule has 2 rings (SSSR count). The molecule has 2 nitrogen and oxygen atoms in total. The number of benzene rings is 1. The molecule has 2 heteroatoms. The van der Waals surface area contributed by atoms with E-state index in [1.165, 1.54) is 5.56 Å². The lowest BCUT2D eigenvalue weighted by Gasteiger charge is -2.15. The molecule has 2 unspecified atom stereocenters. The van der Waals surface area contributed by atoms with E-state index in [1.807, 2.05) is 0 Å². The minimum absolute atomic E-state index is 0.337. The number of rotatable bonds is 1. The van der Waals surface area contributed by atoms with Gasteiger partial charge in [0.25, 0.3) is 0 Å². The molecule has 76 valence electrons. The largest absolute Gasteiger partial charge is 0.377 e. The summed E-state index contributed by atoms with van der Waals surface area (Å²) in [6.07, 6.45) is 1.40. The molecule has 0 bridgehead atoms. The van der Waals surface area contributed by atoms with Crippen LogP contribution in [0.25, 0.3) is 0 Å². The highest BCUT2D eigenvalue weighted by Gasteiger charge is 2.16. The summed E-state index contributed by atoms with van der Waals surface area (Å²) in [5, 5.41) is 3.52. The zero-order valence-corrected chi connectivity index (χ0v) is 8.57. The standard InChI is InChI=1S/C12H17NO/c1-10-9-13-12(7-8-14-10)11-5-3-2-4-6-11/h2-6,10,12-13H,7-9H2,1H3. The third-order valence-electron chi connectivity index (χ3n) is 2.66. The van der Waals surface area contributed by atoms with Gasteiger partial charge in [0.15, 0.2) is 0 Å². The molecule has 1 aliphatic rings. The normalized spacial score (nSPS) is 28.4. The minimum atomic E-state index is 0.337. The Morgan fingerprint density at radius 2 is 2.07 bits per heavy atom. The maximum Gasteiger partial charge on any atom is 0.0671 e. The van der Waals surface area contributed by atoms with Crippen LogP contribution in [0.3, 0.4) is 0 Å². The summed E-state index contributed by atoms with van der Waals surface area (Å²) in [7, 11) is 0. The fourth-order valence-electron chi connectivity index (χ4n) is 1.83. The van der Waals surface area contributed by atoms with Crippen molar-refractivity contribution in [1.82, 2.24) is 5.32 Å². The minimum Gasteiger partial charge on any atom is -0.377 e. The van der Waals surface area contributed by atoms with Crippen molar-refractivity contribution >= 4 is 0 Å². The molecule has 1 heterocycles. The zero-order valence-electron chi connectivity index (χ0n) is 8.57. The van der Waals surface area contributed by atoms with Gasteiger partial charge in [-0.2, -0.15) is 0 Å². The third-order valence-corrected chi connectivity index (χ3v) is 2.66. The van der Waals surface area contributed by atoms with Crippen LogP contribution in [0.2, 0.25) is 0 Å². The summed E-state index contributed by atoms with van der Waals surface area (Å²) in [4.78, 5) is 0. The molecule has 0 radical (unpaired) electrons. The quantitative estimate of drug-likeness (QED) is 0.734. The summed E-state index contributed by atoms with van der Waals surface area (Å²) in [6, 6.07) is 11.0. The highest BCUT2D eigenvalue weighted by atomic mass is 16.5.